The highest BCUT2D eigenvalue weighted by molar-refractivity contribution is 7.92. The number of aromatic carboxylic acids is 1. The average molecular weight is 640 g/mol. The van der Waals surface area contributed by atoms with Crippen molar-refractivity contribution >= 4 is 44.7 Å². The van der Waals surface area contributed by atoms with Crippen molar-refractivity contribution in [3.8, 4) is 21.8 Å². The highest BCUT2D eigenvalue weighted by Crippen LogP contribution is 2.42. The summed E-state index contributed by atoms with van der Waals surface area (Å²) in [5, 5.41) is 12.8. The van der Waals surface area contributed by atoms with Crippen LogP contribution in [-0.4, -0.2) is 34.4 Å². The number of thiazole rings is 1. The quantitative estimate of drug-likeness (QED) is 0.162. The van der Waals surface area contributed by atoms with Gasteiger partial charge in [-0.05, 0) is 54.6 Å². The molecule has 0 fully saturated rings. The number of aromatic nitrogens is 3. The van der Waals surface area contributed by atoms with Gasteiger partial charge in [0.2, 0.25) is 5.95 Å². The molecule has 0 aliphatic heterocycles. The normalized spacial score (nSPS) is 11.8. The fourth-order valence-electron chi connectivity index (χ4n) is 4.10. The fraction of sp³-hybridized carbons (Fsp3) is 0.133. The smallest absolute Gasteiger partial charge is 0.335 e. The molecule has 5 rings (SSSR count). The Labute approximate surface area is 254 Å². The lowest BCUT2D eigenvalue weighted by molar-refractivity contribution is 0.0697. The van der Waals surface area contributed by atoms with Crippen molar-refractivity contribution in [1.82, 2.24) is 15.0 Å². The molecule has 44 heavy (non-hydrogen) atoms. The minimum absolute atomic E-state index is 0.0710. The first-order chi connectivity index (χ1) is 20.7. The predicted octanol–water partition coefficient (Wildman–Crippen LogP) is 7.22. The molecular formula is C30H24F3N5O4S2. The second-order valence-electron chi connectivity index (χ2n) is 10.5. The molecule has 226 valence electrons. The van der Waals surface area contributed by atoms with Crippen LogP contribution in [0.25, 0.3) is 21.8 Å². The Kier molecular flexibility index (Phi) is 8.14. The topological polar surface area (TPSA) is 134 Å². The Hall–Kier alpha value is -4.82. The third kappa shape index (κ3) is 6.26. The molecule has 3 aromatic carbocycles. The fourth-order valence-corrected chi connectivity index (χ4v) is 6.40. The van der Waals surface area contributed by atoms with Gasteiger partial charge in [0.25, 0.3) is 10.0 Å². The molecule has 0 saturated heterocycles. The first-order valence-corrected chi connectivity index (χ1v) is 15.3. The number of carbonyl (C=O) groups is 1. The van der Waals surface area contributed by atoms with Gasteiger partial charge in [-0.3, -0.25) is 4.72 Å². The van der Waals surface area contributed by atoms with Gasteiger partial charge >= 0.3 is 5.97 Å². The predicted molar refractivity (Wildman–Crippen MR) is 161 cm³/mol. The maximum absolute atomic E-state index is 16.0. The summed E-state index contributed by atoms with van der Waals surface area (Å²) in [6.45, 7) is 5.78. The molecule has 14 heteroatoms. The molecule has 0 aliphatic carbocycles. The Bertz CT molecular complexity index is 1970. The lowest BCUT2D eigenvalue weighted by Crippen LogP contribution is -2.17. The molecule has 0 saturated carbocycles. The van der Waals surface area contributed by atoms with Crippen LogP contribution in [0, 0.1) is 17.5 Å². The SMILES string of the molecule is CC(C)(C)c1nc(-c2cccc(NS(=O)(=O)c3c(F)cccc3F)c2F)c(-c2ccnc(Nc3ccc(C(=O)O)cc3)n2)s1. The maximum Gasteiger partial charge on any atom is 0.335 e. The van der Waals surface area contributed by atoms with Crippen LogP contribution in [-0.2, 0) is 15.4 Å². The molecule has 0 amide bonds. The lowest BCUT2D eigenvalue weighted by Gasteiger charge is -2.14. The van der Waals surface area contributed by atoms with Gasteiger partial charge in [-0.2, -0.15) is 0 Å². The summed E-state index contributed by atoms with van der Waals surface area (Å²) in [4.78, 5) is 23.9. The molecule has 0 radical (unpaired) electrons. The number of nitrogens with one attached hydrogen (secondary N) is 2. The molecule has 2 aromatic heterocycles. The Morgan fingerprint density at radius 3 is 2.20 bits per heavy atom. The van der Waals surface area contributed by atoms with Gasteiger partial charge < -0.3 is 10.4 Å². The van der Waals surface area contributed by atoms with Gasteiger partial charge in [0.15, 0.2) is 10.7 Å². The van der Waals surface area contributed by atoms with E-state index >= 15 is 4.39 Å². The number of carboxylic acids is 1. The van der Waals surface area contributed by atoms with Crippen LogP contribution >= 0.6 is 11.3 Å². The standard InChI is InChI=1S/C30H24F3N5O4S2/c1-30(2,3)28-37-24(18-6-4-9-21(23(18)33)38-44(41,42)26-19(31)7-5-8-20(26)32)25(43-28)22-14-15-34-29(36-22)35-17-12-10-16(11-13-17)27(39)40/h4-15,38H,1-3H3,(H,39,40)(H,34,35,36). The third-order valence-corrected chi connectivity index (χ3v) is 9.15. The number of rotatable bonds is 8. The summed E-state index contributed by atoms with van der Waals surface area (Å²) >= 11 is 1.26. The highest BCUT2D eigenvalue weighted by Gasteiger charge is 2.28. The Morgan fingerprint density at radius 1 is 0.909 bits per heavy atom. The van der Waals surface area contributed by atoms with Crippen LogP contribution in [0.4, 0.5) is 30.5 Å². The number of benzene rings is 3. The van der Waals surface area contributed by atoms with E-state index in [1.54, 1.807) is 18.2 Å². The van der Waals surface area contributed by atoms with Crippen molar-refractivity contribution in [2.45, 2.75) is 31.1 Å². The van der Waals surface area contributed by atoms with E-state index in [-0.39, 0.29) is 22.8 Å². The summed E-state index contributed by atoms with van der Waals surface area (Å²) in [6.07, 6.45) is 1.49. The van der Waals surface area contributed by atoms with E-state index in [1.165, 1.54) is 41.8 Å². The van der Waals surface area contributed by atoms with Crippen LogP contribution < -0.4 is 10.0 Å². The zero-order valence-electron chi connectivity index (χ0n) is 23.4. The molecular weight excluding hydrogens is 615 g/mol. The number of hydrogen-bond donors (Lipinski definition) is 3. The number of nitrogens with zero attached hydrogens (tertiary/aromatic N) is 3. The number of sulfonamides is 1. The van der Waals surface area contributed by atoms with Crippen molar-refractivity contribution < 1.29 is 31.5 Å². The van der Waals surface area contributed by atoms with Crippen LogP contribution in [0.5, 0.6) is 0 Å². The Balaban J connectivity index is 1.56. The zero-order valence-corrected chi connectivity index (χ0v) is 25.0. The van der Waals surface area contributed by atoms with E-state index in [4.69, 9.17) is 10.1 Å². The average Bonchev–Trinajstić information content (AvgIpc) is 3.40. The number of halogens is 3. The summed E-state index contributed by atoms with van der Waals surface area (Å²) in [5.74, 6) is -4.54. The van der Waals surface area contributed by atoms with Crippen molar-refractivity contribution in [3.63, 3.8) is 0 Å². The zero-order chi connectivity index (χ0) is 31.8. The molecule has 9 nitrogen and oxygen atoms in total. The van der Waals surface area contributed by atoms with Gasteiger partial charge in [0.05, 0.1) is 32.5 Å². The van der Waals surface area contributed by atoms with Crippen LogP contribution in [0.2, 0.25) is 0 Å². The molecule has 5 aromatic rings. The second kappa shape index (κ2) is 11.7. The monoisotopic (exact) mass is 639 g/mol. The lowest BCUT2D eigenvalue weighted by atomic mass is 9.98. The van der Waals surface area contributed by atoms with E-state index in [9.17, 15) is 22.0 Å². The second-order valence-corrected chi connectivity index (χ2v) is 13.2. The van der Waals surface area contributed by atoms with E-state index in [2.05, 4.69) is 15.3 Å². The van der Waals surface area contributed by atoms with Crippen LogP contribution in [0.15, 0.2) is 77.8 Å². The van der Waals surface area contributed by atoms with Crippen LogP contribution in [0.3, 0.4) is 0 Å². The summed E-state index contributed by atoms with van der Waals surface area (Å²) in [5.41, 5.74) is 0.145. The molecule has 3 N–H and O–H groups in total. The molecule has 0 atom stereocenters. The third-order valence-electron chi connectivity index (χ3n) is 6.23. The molecule has 2 heterocycles. The first-order valence-electron chi connectivity index (χ1n) is 13.0. The minimum atomic E-state index is -4.84. The van der Waals surface area contributed by atoms with E-state index < -0.39 is 49.4 Å². The van der Waals surface area contributed by atoms with Gasteiger partial charge in [-0.1, -0.05) is 32.9 Å². The largest absolute Gasteiger partial charge is 0.478 e. The summed E-state index contributed by atoms with van der Waals surface area (Å²) in [7, 11) is -4.84. The molecule has 0 aliphatic rings. The summed E-state index contributed by atoms with van der Waals surface area (Å²) < 4.78 is 72.3. The van der Waals surface area contributed by atoms with Crippen molar-refractivity contribution in [2.24, 2.45) is 0 Å². The number of hydrogen-bond acceptors (Lipinski definition) is 8. The minimum Gasteiger partial charge on any atom is -0.478 e. The molecule has 0 bridgehead atoms. The number of anilines is 3. The number of carboxylic acid groups (broad SMARTS) is 1. The Morgan fingerprint density at radius 2 is 1.57 bits per heavy atom. The van der Waals surface area contributed by atoms with Crippen molar-refractivity contribution in [3.05, 3.63) is 101 Å². The van der Waals surface area contributed by atoms with Crippen molar-refractivity contribution in [2.75, 3.05) is 10.0 Å². The van der Waals surface area contributed by atoms with E-state index in [0.717, 1.165) is 24.3 Å². The van der Waals surface area contributed by atoms with Gasteiger partial charge in [-0.15, -0.1) is 11.3 Å². The first kappa shape index (κ1) is 30.6. The van der Waals surface area contributed by atoms with E-state index in [1.807, 2.05) is 25.5 Å². The van der Waals surface area contributed by atoms with Gasteiger partial charge in [0.1, 0.15) is 11.6 Å². The maximum atomic E-state index is 16.0. The summed E-state index contributed by atoms with van der Waals surface area (Å²) in [6, 6.07) is 14.1. The molecule has 0 unspecified atom stereocenters. The van der Waals surface area contributed by atoms with Gasteiger partial charge in [-0.25, -0.2) is 41.3 Å². The molecule has 0 spiro atoms. The van der Waals surface area contributed by atoms with Crippen molar-refractivity contribution in [1.29, 1.82) is 0 Å². The van der Waals surface area contributed by atoms with Gasteiger partial charge in [0, 0.05) is 22.9 Å². The highest BCUT2D eigenvalue weighted by atomic mass is 32.2. The van der Waals surface area contributed by atoms with Crippen LogP contribution in [0.1, 0.15) is 36.1 Å². The van der Waals surface area contributed by atoms with E-state index in [0.29, 0.717) is 21.3 Å².